The molecule has 0 saturated heterocycles. The summed E-state index contributed by atoms with van der Waals surface area (Å²) in [6, 6.07) is 8.61. The third kappa shape index (κ3) is 2.78. The third-order valence-corrected chi connectivity index (χ3v) is 2.69. The molecule has 2 aromatic rings. The molecule has 1 unspecified atom stereocenters. The summed E-state index contributed by atoms with van der Waals surface area (Å²) in [6.45, 7) is 0.0968. The van der Waals surface area contributed by atoms with Crippen LogP contribution in [0.5, 0.6) is 5.75 Å². The molecule has 0 aliphatic heterocycles. The van der Waals surface area contributed by atoms with Crippen molar-refractivity contribution in [2.75, 3.05) is 12.5 Å². The predicted octanol–water partition coefficient (Wildman–Crippen LogP) is 1.51. The largest absolute Gasteiger partial charge is 0.489 e. The number of aromatic nitrogens is 1. The summed E-state index contributed by atoms with van der Waals surface area (Å²) in [7, 11) is 0. The summed E-state index contributed by atoms with van der Waals surface area (Å²) in [5.74, 6) is 0.644. The van der Waals surface area contributed by atoms with Crippen molar-refractivity contribution in [1.29, 1.82) is 0 Å². The van der Waals surface area contributed by atoms with E-state index in [4.69, 9.17) is 16.3 Å². The quantitative estimate of drug-likeness (QED) is 0.812. The Kier molecular flexibility index (Phi) is 3.66. The van der Waals surface area contributed by atoms with Gasteiger partial charge in [-0.1, -0.05) is 12.1 Å². The molecule has 2 N–H and O–H groups in total. The van der Waals surface area contributed by atoms with Gasteiger partial charge in [-0.3, -0.25) is 4.79 Å². The van der Waals surface area contributed by atoms with Gasteiger partial charge in [-0.15, -0.1) is 11.6 Å². The summed E-state index contributed by atoms with van der Waals surface area (Å²) in [5, 5.41) is 10.2. The van der Waals surface area contributed by atoms with E-state index >= 15 is 0 Å². The lowest BCUT2D eigenvalue weighted by Crippen LogP contribution is -2.19. The highest BCUT2D eigenvalue weighted by atomic mass is 35.5. The van der Waals surface area contributed by atoms with Crippen molar-refractivity contribution in [3.63, 3.8) is 0 Å². The number of H-pyrrole nitrogens is 1. The molecular weight excluding hydrogens is 242 g/mol. The number of hydrogen-bond donors (Lipinski definition) is 2. The first-order chi connectivity index (χ1) is 8.20. The van der Waals surface area contributed by atoms with E-state index in [0.717, 1.165) is 5.39 Å². The number of hydrogen-bond acceptors (Lipinski definition) is 3. The van der Waals surface area contributed by atoms with Gasteiger partial charge < -0.3 is 14.8 Å². The van der Waals surface area contributed by atoms with Crippen molar-refractivity contribution in [1.82, 2.24) is 4.98 Å². The molecule has 0 spiro atoms. The number of para-hydroxylation sites is 1. The fourth-order valence-corrected chi connectivity index (χ4v) is 1.59. The van der Waals surface area contributed by atoms with Crippen LogP contribution in [0.25, 0.3) is 10.9 Å². The molecule has 5 heteroatoms. The normalized spacial score (nSPS) is 12.6. The fourth-order valence-electron chi connectivity index (χ4n) is 1.50. The van der Waals surface area contributed by atoms with Crippen molar-refractivity contribution in [2.45, 2.75) is 6.10 Å². The van der Waals surface area contributed by atoms with E-state index in [9.17, 15) is 9.90 Å². The highest BCUT2D eigenvalue weighted by molar-refractivity contribution is 6.18. The minimum Gasteiger partial charge on any atom is -0.489 e. The lowest BCUT2D eigenvalue weighted by molar-refractivity contribution is 0.126. The van der Waals surface area contributed by atoms with E-state index in [1.807, 2.05) is 12.1 Å². The van der Waals surface area contributed by atoms with Crippen molar-refractivity contribution in [3.05, 3.63) is 40.7 Å². The number of alkyl halides is 1. The second-order valence-electron chi connectivity index (χ2n) is 3.66. The zero-order valence-corrected chi connectivity index (χ0v) is 9.78. The van der Waals surface area contributed by atoms with E-state index in [0.29, 0.717) is 11.3 Å². The lowest BCUT2D eigenvalue weighted by atomic mass is 10.2. The van der Waals surface area contributed by atoms with Gasteiger partial charge in [-0.25, -0.2) is 0 Å². The lowest BCUT2D eigenvalue weighted by Gasteiger charge is -2.11. The van der Waals surface area contributed by atoms with Crippen LogP contribution in [0.15, 0.2) is 35.1 Å². The maximum absolute atomic E-state index is 11.2. The van der Waals surface area contributed by atoms with Crippen LogP contribution in [0.1, 0.15) is 0 Å². The number of rotatable bonds is 4. The van der Waals surface area contributed by atoms with Crippen molar-refractivity contribution in [2.24, 2.45) is 0 Å². The number of aliphatic hydroxyl groups excluding tert-OH is 1. The van der Waals surface area contributed by atoms with E-state index in [1.165, 1.54) is 6.07 Å². The molecule has 0 amide bonds. The first-order valence-corrected chi connectivity index (χ1v) is 5.73. The Labute approximate surface area is 103 Å². The number of halogens is 1. The van der Waals surface area contributed by atoms with Crippen LogP contribution < -0.4 is 10.3 Å². The first kappa shape index (κ1) is 12.0. The molecule has 4 nitrogen and oxygen atoms in total. The Morgan fingerprint density at radius 2 is 2.18 bits per heavy atom. The number of ether oxygens (including phenoxy) is 1. The second-order valence-corrected chi connectivity index (χ2v) is 3.97. The molecule has 1 aromatic heterocycles. The zero-order valence-electron chi connectivity index (χ0n) is 9.02. The summed E-state index contributed by atoms with van der Waals surface area (Å²) in [4.78, 5) is 14.0. The smallest absolute Gasteiger partial charge is 0.248 e. The monoisotopic (exact) mass is 253 g/mol. The number of fused-ring (bicyclic) bond motifs is 1. The molecule has 1 aromatic carbocycles. The molecule has 17 heavy (non-hydrogen) atoms. The molecule has 0 aliphatic rings. The minimum absolute atomic E-state index is 0.0968. The van der Waals surface area contributed by atoms with Crippen molar-refractivity contribution < 1.29 is 9.84 Å². The van der Waals surface area contributed by atoms with Gasteiger partial charge in [0.25, 0.3) is 0 Å². The molecule has 2 rings (SSSR count). The van der Waals surface area contributed by atoms with Gasteiger partial charge in [0.1, 0.15) is 18.5 Å². The Bertz CT molecular complexity index is 567. The number of nitrogens with one attached hydrogen (secondary N) is 1. The van der Waals surface area contributed by atoms with Gasteiger partial charge in [0, 0.05) is 11.5 Å². The van der Waals surface area contributed by atoms with Crippen LogP contribution >= 0.6 is 11.6 Å². The Morgan fingerprint density at radius 3 is 2.94 bits per heavy atom. The van der Waals surface area contributed by atoms with Crippen LogP contribution in [0.3, 0.4) is 0 Å². The van der Waals surface area contributed by atoms with Gasteiger partial charge in [0.15, 0.2) is 0 Å². The van der Waals surface area contributed by atoms with Crippen LogP contribution in [0.2, 0.25) is 0 Å². The van der Waals surface area contributed by atoms with E-state index in [1.54, 1.807) is 12.1 Å². The SMILES string of the molecule is O=c1ccc2cccc(OCC(O)CCl)c2[nH]1. The molecule has 90 valence electrons. The van der Waals surface area contributed by atoms with Crippen molar-refractivity contribution in [3.8, 4) is 5.75 Å². The highest BCUT2D eigenvalue weighted by Crippen LogP contribution is 2.22. The molecular formula is C12H12ClNO3. The number of aliphatic hydroxyl groups is 1. The molecule has 0 bridgehead atoms. The van der Waals surface area contributed by atoms with Gasteiger partial charge in [0.2, 0.25) is 5.56 Å². The van der Waals surface area contributed by atoms with Gasteiger partial charge >= 0.3 is 0 Å². The number of aromatic amines is 1. The molecule has 0 aliphatic carbocycles. The number of pyridine rings is 1. The standard InChI is InChI=1S/C12H12ClNO3/c13-6-9(15)7-17-10-3-1-2-8-4-5-11(16)14-12(8)10/h1-5,9,15H,6-7H2,(H,14,16). The van der Waals surface area contributed by atoms with E-state index in [-0.39, 0.29) is 18.0 Å². The molecule has 0 saturated carbocycles. The third-order valence-electron chi connectivity index (χ3n) is 2.33. The predicted molar refractivity (Wildman–Crippen MR) is 66.8 cm³/mol. The Hall–Kier alpha value is -1.52. The average molecular weight is 254 g/mol. The van der Waals surface area contributed by atoms with Crippen LogP contribution in [-0.2, 0) is 0 Å². The molecule has 1 heterocycles. The van der Waals surface area contributed by atoms with Gasteiger partial charge in [0.05, 0.1) is 11.4 Å². The number of benzene rings is 1. The van der Waals surface area contributed by atoms with E-state index in [2.05, 4.69) is 4.98 Å². The summed E-state index contributed by atoms with van der Waals surface area (Å²) in [6.07, 6.45) is -0.720. The zero-order chi connectivity index (χ0) is 12.3. The fraction of sp³-hybridized carbons (Fsp3) is 0.250. The topological polar surface area (TPSA) is 62.3 Å². The summed E-state index contributed by atoms with van der Waals surface area (Å²) >= 11 is 5.47. The first-order valence-electron chi connectivity index (χ1n) is 5.19. The Balaban J connectivity index is 2.33. The van der Waals surface area contributed by atoms with Gasteiger partial charge in [-0.05, 0) is 12.1 Å². The van der Waals surface area contributed by atoms with Crippen LogP contribution in [-0.4, -0.2) is 28.7 Å². The summed E-state index contributed by atoms with van der Waals surface area (Å²) < 4.78 is 5.42. The van der Waals surface area contributed by atoms with Gasteiger partial charge in [-0.2, -0.15) is 0 Å². The minimum atomic E-state index is -0.720. The van der Waals surface area contributed by atoms with Crippen molar-refractivity contribution >= 4 is 22.5 Å². The molecule has 0 radical (unpaired) electrons. The Morgan fingerprint density at radius 1 is 1.35 bits per heavy atom. The van der Waals surface area contributed by atoms with Crippen LogP contribution in [0.4, 0.5) is 0 Å². The highest BCUT2D eigenvalue weighted by Gasteiger charge is 2.06. The maximum Gasteiger partial charge on any atom is 0.248 e. The molecule has 0 fully saturated rings. The van der Waals surface area contributed by atoms with E-state index < -0.39 is 6.10 Å². The van der Waals surface area contributed by atoms with Crippen LogP contribution in [0, 0.1) is 0 Å². The summed E-state index contributed by atoms with van der Waals surface area (Å²) in [5.41, 5.74) is 0.438. The molecule has 1 atom stereocenters. The maximum atomic E-state index is 11.2. The second kappa shape index (κ2) is 5.21. The average Bonchev–Trinajstić information content (AvgIpc) is 2.35.